The lowest BCUT2D eigenvalue weighted by atomic mass is 10.2. The maximum Gasteiger partial charge on any atom is 0.323 e. The van der Waals surface area contributed by atoms with E-state index in [1.807, 2.05) is 0 Å². The predicted octanol–water partition coefficient (Wildman–Crippen LogP) is 0.529. The van der Waals surface area contributed by atoms with Gasteiger partial charge < -0.3 is 14.9 Å². The molecule has 0 spiro atoms. The molecule has 0 aliphatic heterocycles. The van der Waals surface area contributed by atoms with Gasteiger partial charge in [0.25, 0.3) is 0 Å². The minimum atomic E-state index is -0.696. The topological polar surface area (TPSA) is 78.4 Å². The number of carbonyl (C=O) groups excluding carboxylic acids is 1. The van der Waals surface area contributed by atoms with E-state index in [1.54, 1.807) is 6.92 Å². The SMILES string of the molecule is CCOC(=O)C(N)Cc1ncco1.Cl. The fraction of sp³-hybridized carbons (Fsp3) is 0.500. The Morgan fingerprint density at radius 3 is 3.00 bits per heavy atom. The Labute approximate surface area is 88.0 Å². The Hall–Kier alpha value is -1.07. The molecule has 1 unspecified atom stereocenters. The van der Waals surface area contributed by atoms with Gasteiger partial charge in [-0.25, -0.2) is 4.98 Å². The zero-order chi connectivity index (χ0) is 9.68. The van der Waals surface area contributed by atoms with Crippen LogP contribution in [0.1, 0.15) is 12.8 Å². The highest BCUT2D eigenvalue weighted by Gasteiger charge is 2.16. The molecular weight excluding hydrogens is 208 g/mol. The molecular formula is C8H13ClN2O3. The van der Waals surface area contributed by atoms with E-state index in [0.717, 1.165) is 0 Å². The molecule has 0 aliphatic rings. The lowest BCUT2D eigenvalue weighted by molar-refractivity contribution is -0.144. The van der Waals surface area contributed by atoms with E-state index in [2.05, 4.69) is 4.98 Å². The van der Waals surface area contributed by atoms with Gasteiger partial charge in [-0.1, -0.05) is 0 Å². The third-order valence-corrected chi connectivity index (χ3v) is 1.47. The summed E-state index contributed by atoms with van der Waals surface area (Å²) in [5.41, 5.74) is 5.52. The molecule has 1 rings (SSSR count). The number of carbonyl (C=O) groups is 1. The molecule has 5 nitrogen and oxygen atoms in total. The standard InChI is InChI=1S/C8H12N2O3.ClH/c1-2-12-8(11)6(9)5-7-10-3-4-13-7;/h3-4,6H,2,5,9H2,1H3;1H. The molecule has 80 valence electrons. The third kappa shape index (κ3) is 3.76. The summed E-state index contributed by atoms with van der Waals surface area (Å²) >= 11 is 0. The van der Waals surface area contributed by atoms with Crippen LogP contribution in [0.15, 0.2) is 16.9 Å². The maximum atomic E-state index is 11.1. The van der Waals surface area contributed by atoms with Gasteiger partial charge in [-0.15, -0.1) is 12.4 Å². The molecule has 0 saturated heterocycles. The zero-order valence-electron chi connectivity index (χ0n) is 7.80. The first-order valence-corrected chi connectivity index (χ1v) is 4.04. The minimum Gasteiger partial charge on any atom is -0.465 e. The molecule has 0 aliphatic carbocycles. The van der Waals surface area contributed by atoms with Crippen LogP contribution in [0.25, 0.3) is 0 Å². The molecule has 0 saturated carbocycles. The van der Waals surface area contributed by atoms with Crippen LogP contribution >= 0.6 is 12.4 Å². The summed E-state index contributed by atoms with van der Waals surface area (Å²) in [5, 5.41) is 0. The average molecular weight is 221 g/mol. The quantitative estimate of drug-likeness (QED) is 0.749. The number of hydrogen-bond acceptors (Lipinski definition) is 5. The Kier molecular flexibility index (Phi) is 5.91. The smallest absolute Gasteiger partial charge is 0.323 e. The van der Waals surface area contributed by atoms with Crippen LogP contribution in [-0.2, 0) is 16.0 Å². The fourth-order valence-electron chi connectivity index (χ4n) is 0.875. The molecule has 2 N–H and O–H groups in total. The minimum absolute atomic E-state index is 0. The zero-order valence-corrected chi connectivity index (χ0v) is 8.62. The van der Waals surface area contributed by atoms with Crippen molar-refractivity contribution in [2.24, 2.45) is 5.73 Å². The van der Waals surface area contributed by atoms with Crippen LogP contribution in [-0.4, -0.2) is 23.6 Å². The Morgan fingerprint density at radius 2 is 2.50 bits per heavy atom. The van der Waals surface area contributed by atoms with Gasteiger partial charge in [0.05, 0.1) is 19.2 Å². The van der Waals surface area contributed by atoms with E-state index < -0.39 is 12.0 Å². The second-order valence-electron chi connectivity index (χ2n) is 2.49. The summed E-state index contributed by atoms with van der Waals surface area (Å²) in [7, 11) is 0. The van der Waals surface area contributed by atoms with Gasteiger partial charge in [-0.3, -0.25) is 4.79 Å². The van der Waals surface area contributed by atoms with Crippen molar-refractivity contribution in [3.8, 4) is 0 Å². The van der Waals surface area contributed by atoms with Crippen molar-refractivity contribution >= 4 is 18.4 Å². The van der Waals surface area contributed by atoms with Crippen LogP contribution in [0.5, 0.6) is 0 Å². The van der Waals surface area contributed by atoms with Gasteiger partial charge in [-0.05, 0) is 6.92 Å². The van der Waals surface area contributed by atoms with Gasteiger partial charge in [0, 0.05) is 0 Å². The second kappa shape index (κ2) is 6.39. The summed E-state index contributed by atoms with van der Waals surface area (Å²) in [6, 6.07) is -0.696. The van der Waals surface area contributed by atoms with E-state index >= 15 is 0 Å². The maximum absolute atomic E-state index is 11.1. The van der Waals surface area contributed by atoms with Crippen LogP contribution in [0.3, 0.4) is 0 Å². The number of halogens is 1. The number of ether oxygens (including phenoxy) is 1. The molecule has 0 amide bonds. The monoisotopic (exact) mass is 220 g/mol. The molecule has 1 heterocycles. The summed E-state index contributed by atoms with van der Waals surface area (Å²) in [6.45, 7) is 2.06. The molecule has 0 aromatic carbocycles. The molecule has 1 aromatic rings. The third-order valence-electron chi connectivity index (χ3n) is 1.47. The van der Waals surface area contributed by atoms with Gasteiger partial charge in [0.1, 0.15) is 12.3 Å². The number of rotatable bonds is 4. The first-order chi connectivity index (χ1) is 6.24. The number of aromatic nitrogens is 1. The van der Waals surface area contributed by atoms with Crippen LogP contribution < -0.4 is 5.73 Å². The fourth-order valence-corrected chi connectivity index (χ4v) is 0.875. The first kappa shape index (κ1) is 12.9. The van der Waals surface area contributed by atoms with Crippen molar-refractivity contribution < 1.29 is 13.9 Å². The number of nitrogens with two attached hydrogens (primary N) is 1. The largest absolute Gasteiger partial charge is 0.465 e. The van der Waals surface area contributed by atoms with E-state index in [4.69, 9.17) is 14.9 Å². The predicted molar refractivity (Wildman–Crippen MR) is 52.1 cm³/mol. The van der Waals surface area contributed by atoms with E-state index in [9.17, 15) is 4.79 Å². The number of oxazole rings is 1. The molecule has 0 bridgehead atoms. The molecule has 0 radical (unpaired) electrons. The summed E-state index contributed by atoms with van der Waals surface area (Å²) < 4.78 is 9.65. The van der Waals surface area contributed by atoms with Crippen molar-refractivity contribution in [3.05, 3.63) is 18.4 Å². The summed E-state index contributed by atoms with van der Waals surface area (Å²) in [5.74, 6) is 0.0150. The van der Waals surface area contributed by atoms with E-state index in [0.29, 0.717) is 12.5 Å². The van der Waals surface area contributed by atoms with Crippen molar-refractivity contribution in [2.45, 2.75) is 19.4 Å². The molecule has 1 atom stereocenters. The first-order valence-electron chi connectivity index (χ1n) is 4.04. The highest BCUT2D eigenvalue weighted by atomic mass is 35.5. The normalized spacial score (nSPS) is 11.6. The van der Waals surface area contributed by atoms with Gasteiger partial charge in [0.2, 0.25) is 0 Å². The number of esters is 1. The Balaban J connectivity index is 0.00000169. The lowest BCUT2D eigenvalue weighted by Gasteiger charge is -2.07. The van der Waals surface area contributed by atoms with Gasteiger partial charge >= 0.3 is 5.97 Å². The van der Waals surface area contributed by atoms with Crippen LogP contribution in [0, 0.1) is 0 Å². The van der Waals surface area contributed by atoms with Crippen molar-refractivity contribution in [1.29, 1.82) is 0 Å². The Morgan fingerprint density at radius 1 is 1.79 bits per heavy atom. The van der Waals surface area contributed by atoms with E-state index in [1.165, 1.54) is 12.5 Å². The number of nitrogens with zero attached hydrogens (tertiary/aromatic N) is 1. The lowest BCUT2D eigenvalue weighted by Crippen LogP contribution is -2.34. The summed E-state index contributed by atoms with van der Waals surface area (Å²) in [6.07, 6.45) is 3.21. The summed E-state index contributed by atoms with van der Waals surface area (Å²) in [4.78, 5) is 14.9. The number of hydrogen-bond donors (Lipinski definition) is 1. The van der Waals surface area contributed by atoms with Crippen LogP contribution in [0.2, 0.25) is 0 Å². The van der Waals surface area contributed by atoms with Crippen molar-refractivity contribution in [3.63, 3.8) is 0 Å². The van der Waals surface area contributed by atoms with Gasteiger partial charge in [-0.2, -0.15) is 0 Å². The molecule has 1 aromatic heterocycles. The van der Waals surface area contributed by atoms with Crippen molar-refractivity contribution in [1.82, 2.24) is 4.98 Å². The van der Waals surface area contributed by atoms with Crippen LogP contribution in [0.4, 0.5) is 0 Å². The van der Waals surface area contributed by atoms with Crippen molar-refractivity contribution in [2.75, 3.05) is 6.61 Å². The highest BCUT2D eigenvalue weighted by Crippen LogP contribution is 1.99. The molecule has 0 fully saturated rings. The molecule has 6 heteroatoms. The van der Waals surface area contributed by atoms with Gasteiger partial charge in [0.15, 0.2) is 5.89 Å². The Bertz CT molecular complexity index is 264. The average Bonchev–Trinajstić information content (AvgIpc) is 2.57. The molecule has 14 heavy (non-hydrogen) atoms. The second-order valence-corrected chi connectivity index (χ2v) is 2.49. The highest BCUT2D eigenvalue weighted by molar-refractivity contribution is 5.85. The van der Waals surface area contributed by atoms with E-state index in [-0.39, 0.29) is 18.8 Å².